The smallest absolute Gasteiger partial charge is 0.356 e. The third kappa shape index (κ3) is 4.54. The predicted molar refractivity (Wildman–Crippen MR) is 87.9 cm³/mol. The van der Waals surface area contributed by atoms with E-state index in [-0.39, 0.29) is 5.70 Å². The number of hydrogen-bond donors (Lipinski definition) is 2. The maximum Gasteiger partial charge on any atom is 0.356 e. The van der Waals surface area contributed by atoms with Crippen LogP contribution in [0.5, 0.6) is 0 Å². The van der Waals surface area contributed by atoms with Crippen LogP contribution >= 0.6 is 0 Å². The molecule has 2 amide bonds. The lowest BCUT2D eigenvalue weighted by molar-refractivity contribution is -0.136. The standard InChI is InChI=1S/C18H16N2O4/c1-24-18(23)15(20-17(22)14-10-6-3-7-11-14)12-19-16(21)13-8-4-2-5-9-13/h2-12H,1H3,(H,19,21)(H,20,22)/b15-12+. The number of carbonyl (C=O) groups is 3. The summed E-state index contributed by atoms with van der Waals surface area (Å²) in [6.07, 6.45) is 1.11. The summed E-state index contributed by atoms with van der Waals surface area (Å²) in [5.41, 5.74) is 0.629. The second kappa shape index (κ2) is 8.28. The molecule has 6 heteroatoms. The number of hydrogen-bond acceptors (Lipinski definition) is 4. The van der Waals surface area contributed by atoms with E-state index in [0.29, 0.717) is 11.1 Å². The molecule has 0 unspecified atom stereocenters. The summed E-state index contributed by atoms with van der Waals surface area (Å²) in [6, 6.07) is 16.9. The summed E-state index contributed by atoms with van der Waals surface area (Å²) in [5, 5.41) is 4.88. The van der Waals surface area contributed by atoms with Gasteiger partial charge in [0.15, 0.2) is 0 Å². The zero-order chi connectivity index (χ0) is 17.4. The topological polar surface area (TPSA) is 84.5 Å². The average Bonchev–Trinajstić information content (AvgIpc) is 2.65. The Bertz CT molecular complexity index is 755. The lowest BCUT2D eigenvalue weighted by Gasteiger charge is -2.09. The van der Waals surface area contributed by atoms with Gasteiger partial charge in [0.25, 0.3) is 11.8 Å². The van der Waals surface area contributed by atoms with E-state index in [0.717, 1.165) is 6.20 Å². The quantitative estimate of drug-likeness (QED) is 0.649. The van der Waals surface area contributed by atoms with Crippen molar-refractivity contribution in [1.29, 1.82) is 0 Å². The van der Waals surface area contributed by atoms with Gasteiger partial charge in [-0.25, -0.2) is 4.79 Å². The molecular weight excluding hydrogens is 308 g/mol. The maximum absolute atomic E-state index is 12.1. The Balaban J connectivity index is 2.12. The van der Waals surface area contributed by atoms with Crippen molar-refractivity contribution in [2.75, 3.05) is 7.11 Å². The van der Waals surface area contributed by atoms with Crippen molar-refractivity contribution in [3.63, 3.8) is 0 Å². The molecule has 2 aromatic rings. The monoisotopic (exact) mass is 324 g/mol. The van der Waals surface area contributed by atoms with E-state index in [2.05, 4.69) is 15.4 Å². The first-order chi connectivity index (χ1) is 11.6. The summed E-state index contributed by atoms with van der Waals surface area (Å²) < 4.78 is 4.61. The first-order valence-electron chi connectivity index (χ1n) is 7.12. The normalized spacial score (nSPS) is 10.6. The number of nitrogens with one attached hydrogen (secondary N) is 2. The number of amides is 2. The SMILES string of the molecule is COC(=O)/C(=C\NC(=O)c1ccccc1)NC(=O)c1ccccc1. The van der Waals surface area contributed by atoms with Crippen molar-refractivity contribution in [2.24, 2.45) is 0 Å². The van der Waals surface area contributed by atoms with Gasteiger partial charge in [-0.15, -0.1) is 0 Å². The number of benzene rings is 2. The molecular formula is C18H16N2O4. The van der Waals surface area contributed by atoms with E-state index >= 15 is 0 Å². The molecule has 0 aliphatic heterocycles. The molecule has 0 saturated carbocycles. The Labute approximate surface area is 139 Å². The zero-order valence-electron chi connectivity index (χ0n) is 13.0. The van der Waals surface area contributed by atoms with Crippen LogP contribution in [0.4, 0.5) is 0 Å². The summed E-state index contributed by atoms with van der Waals surface area (Å²) in [4.78, 5) is 35.9. The maximum atomic E-state index is 12.1. The van der Waals surface area contributed by atoms with E-state index in [9.17, 15) is 14.4 Å². The van der Waals surface area contributed by atoms with E-state index in [1.807, 2.05) is 0 Å². The van der Waals surface area contributed by atoms with Gasteiger partial charge in [0.05, 0.1) is 7.11 Å². The van der Waals surface area contributed by atoms with Crippen molar-refractivity contribution < 1.29 is 19.1 Å². The molecule has 0 fully saturated rings. The van der Waals surface area contributed by atoms with Crippen LogP contribution in [0.3, 0.4) is 0 Å². The molecule has 0 saturated heterocycles. The molecule has 0 spiro atoms. The van der Waals surface area contributed by atoms with Gasteiger partial charge in [0.2, 0.25) is 0 Å². The third-order valence-corrected chi connectivity index (χ3v) is 3.07. The lowest BCUT2D eigenvalue weighted by Crippen LogP contribution is -2.30. The Morgan fingerprint density at radius 1 is 0.833 bits per heavy atom. The second-order valence-corrected chi connectivity index (χ2v) is 4.71. The number of rotatable bonds is 5. The lowest BCUT2D eigenvalue weighted by atomic mass is 10.2. The molecule has 0 aromatic heterocycles. The second-order valence-electron chi connectivity index (χ2n) is 4.71. The van der Waals surface area contributed by atoms with Crippen molar-refractivity contribution in [3.05, 3.63) is 83.7 Å². The predicted octanol–water partition coefficient (Wildman–Crippen LogP) is 1.86. The van der Waals surface area contributed by atoms with Gasteiger partial charge in [-0.1, -0.05) is 36.4 Å². The minimum Gasteiger partial charge on any atom is -0.464 e. The van der Waals surface area contributed by atoms with Crippen LogP contribution in [0.25, 0.3) is 0 Å². The van der Waals surface area contributed by atoms with Crippen molar-refractivity contribution >= 4 is 17.8 Å². The summed E-state index contributed by atoms with van der Waals surface area (Å²) in [7, 11) is 1.18. The zero-order valence-corrected chi connectivity index (χ0v) is 13.0. The molecule has 0 bridgehead atoms. The van der Waals surface area contributed by atoms with E-state index in [4.69, 9.17) is 0 Å². The van der Waals surface area contributed by atoms with Gasteiger partial charge in [-0.3, -0.25) is 9.59 Å². The molecule has 2 N–H and O–H groups in total. The van der Waals surface area contributed by atoms with Gasteiger partial charge in [-0.2, -0.15) is 0 Å². The van der Waals surface area contributed by atoms with Crippen molar-refractivity contribution in [1.82, 2.24) is 10.6 Å². The Morgan fingerprint density at radius 3 is 1.83 bits per heavy atom. The molecule has 0 atom stereocenters. The molecule has 6 nitrogen and oxygen atoms in total. The van der Waals surface area contributed by atoms with Crippen LogP contribution < -0.4 is 10.6 Å². The largest absolute Gasteiger partial charge is 0.464 e. The fourth-order valence-corrected chi connectivity index (χ4v) is 1.85. The highest BCUT2D eigenvalue weighted by Gasteiger charge is 2.15. The number of esters is 1. The van der Waals surface area contributed by atoms with Crippen LogP contribution in [0.15, 0.2) is 72.6 Å². The molecule has 24 heavy (non-hydrogen) atoms. The highest BCUT2D eigenvalue weighted by Crippen LogP contribution is 2.02. The molecule has 0 radical (unpaired) electrons. The Kier molecular flexibility index (Phi) is 5.85. The summed E-state index contributed by atoms with van der Waals surface area (Å²) in [6.45, 7) is 0. The fourth-order valence-electron chi connectivity index (χ4n) is 1.85. The fraction of sp³-hybridized carbons (Fsp3) is 0.0556. The minimum atomic E-state index is -0.771. The average molecular weight is 324 g/mol. The van der Waals surface area contributed by atoms with Crippen LogP contribution in [0, 0.1) is 0 Å². The molecule has 0 aliphatic carbocycles. The first-order valence-corrected chi connectivity index (χ1v) is 7.12. The minimum absolute atomic E-state index is 0.171. The van der Waals surface area contributed by atoms with Gasteiger partial charge in [0, 0.05) is 17.3 Å². The Hall–Kier alpha value is -3.41. The van der Waals surface area contributed by atoms with Crippen LogP contribution in [0.2, 0.25) is 0 Å². The van der Waals surface area contributed by atoms with E-state index < -0.39 is 17.8 Å². The van der Waals surface area contributed by atoms with Gasteiger partial charge in [0.1, 0.15) is 5.70 Å². The van der Waals surface area contributed by atoms with Crippen molar-refractivity contribution in [3.8, 4) is 0 Å². The first kappa shape index (κ1) is 17.0. The van der Waals surface area contributed by atoms with Crippen LogP contribution in [0.1, 0.15) is 20.7 Å². The molecule has 0 aliphatic rings. The van der Waals surface area contributed by atoms with Gasteiger partial charge < -0.3 is 15.4 Å². The third-order valence-electron chi connectivity index (χ3n) is 3.07. The van der Waals surface area contributed by atoms with E-state index in [1.165, 1.54) is 7.11 Å². The highest BCUT2D eigenvalue weighted by molar-refractivity contribution is 6.01. The molecule has 2 aromatic carbocycles. The Morgan fingerprint density at radius 2 is 1.33 bits per heavy atom. The summed E-state index contributed by atoms with van der Waals surface area (Å²) in [5.74, 6) is -1.67. The van der Waals surface area contributed by atoms with Crippen LogP contribution in [-0.2, 0) is 9.53 Å². The van der Waals surface area contributed by atoms with Gasteiger partial charge >= 0.3 is 5.97 Å². The van der Waals surface area contributed by atoms with E-state index in [1.54, 1.807) is 60.7 Å². The molecule has 2 rings (SSSR count). The summed E-state index contributed by atoms with van der Waals surface area (Å²) >= 11 is 0. The molecule has 122 valence electrons. The number of ether oxygens (including phenoxy) is 1. The van der Waals surface area contributed by atoms with Crippen LogP contribution in [-0.4, -0.2) is 24.9 Å². The van der Waals surface area contributed by atoms with Gasteiger partial charge in [-0.05, 0) is 24.3 Å². The number of carbonyl (C=O) groups excluding carboxylic acids is 3. The van der Waals surface area contributed by atoms with Crippen molar-refractivity contribution in [2.45, 2.75) is 0 Å². The highest BCUT2D eigenvalue weighted by atomic mass is 16.5. The molecule has 0 heterocycles. The number of methoxy groups -OCH3 is 1.